The summed E-state index contributed by atoms with van der Waals surface area (Å²) >= 11 is 0. The van der Waals surface area contributed by atoms with Crippen molar-refractivity contribution in [2.75, 3.05) is 6.54 Å². The molecular weight excluding hydrogens is 332 g/mol. The first kappa shape index (κ1) is 16.4. The van der Waals surface area contributed by atoms with Crippen molar-refractivity contribution in [2.45, 2.75) is 32.2 Å². The first-order valence-corrected chi connectivity index (χ1v) is 8.68. The highest BCUT2D eigenvalue weighted by Crippen LogP contribution is 2.32. The van der Waals surface area contributed by atoms with E-state index in [4.69, 9.17) is 0 Å². The van der Waals surface area contributed by atoms with Gasteiger partial charge in [0.1, 0.15) is 5.75 Å². The summed E-state index contributed by atoms with van der Waals surface area (Å²) in [6.07, 6.45) is 1.88. The molecule has 1 aliphatic heterocycles. The lowest BCUT2D eigenvalue weighted by Crippen LogP contribution is -2.32. The highest BCUT2D eigenvalue weighted by molar-refractivity contribution is 5.80. The maximum Gasteiger partial charge on any atom is 0.272 e. The van der Waals surface area contributed by atoms with Gasteiger partial charge >= 0.3 is 0 Å². The molecule has 1 saturated heterocycles. The number of hydrogen-bond donors (Lipinski definition) is 2. The summed E-state index contributed by atoms with van der Waals surface area (Å²) in [6, 6.07) is 10.1. The highest BCUT2D eigenvalue weighted by Gasteiger charge is 2.31. The summed E-state index contributed by atoms with van der Waals surface area (Å²) in [6.45, 7) is 2.44. The molecule has 0 aliphatic carbocycles. The molecular formula is C19H20N4O3. The number of aromatic hydroxyl groups is 1. The van der Waals surface area contributed by atoms with Crippen molar-refractivity contribution in [1.29, 1.82) is 0 Å². The van der Waals surface area contributed by atoms with Gasteiger partial charge in [-0.25, -0.2) is 9.50 Å². The number of aromatic nitrogens is 3. The molecule has 3 heterocycles. The number of likely N-dealkylation sites (tertiary alicyclic amines) is 1. The molecule has 4 rings (SSSR count). The molecule has 134 valence electrons. The summed E-state index contributed by atoms with van der Waals surface area (Å²) in [5.41, 5.74) is 2.49. The van der Waals surface area contributed by atoms with Crippen LogP contribution in [0.25, 0.3) is 5.65 Å². The van der Waals surface area contributed by atoms with Crippen molar-refractivity contribution in [3.63, 3.8) is 0 Å². The number of H-pyrrole nitrogens is 1. The summed E-state index contributed by atoms with van der Waals surface area (Å²) in [7, 11) is 0. The van der Waals surface area contributed by atoms with E-state index in [0.29, 0.717) is 23.4 Å². The number of aromatic amines is 1. The fraction of sp³-hybridized carbons (Fsp3) is 0.316. The average Bonchev–Trinajstić information content (AvgIpc) is 3.23. The van der Waals surface area contributed by atoms with Crippen molar-refractivity contribution in [3.05, 3.63) is 63.7 Å². The molecule has 1 aromatic carbocycles. The fourth-order valence-corrected chi connectivity index (χ4v) is 3.61. The molecule has 2 aromatic heterocycles. The predicted octanol–water partition coefficient (Wildman–Crippen LogP) is 1.94. The van der Waals surface area contributed by atoms with Crippen molar-refractivity contribution in [3.8, 4) is 5.75 Å². The van der Waals surface area contributed by atoms with Gasteiger partial charge in [-0.3, -0.25) is 14.7 Å². The van der Waals surface area contributed by atoms with E-state index < -0.39 is 0 Å². The SMILES string of the molecule is Cc1cc(=O)n2[nH]c([C@@H]3CCCN3C(=O)Cc3ccccc3O)cc2n1. The molecule has 0 spiro atoms. The van der Waals surface area contributed by atoms with Crippen LogP contribution in [0.3, 0.4) is 0 Å². The molecule has 7 heteroatoms. The van der Waals surface area contributed by atoms with Gasteiger partial charge in [-0.15, -0.1) is 0 Å². The first-order valence-electron chi connectivity index (χ1n) is 8.68. The van der Waals surface area contributed by atoms with Crippen LogP contribution in [-0.2, 0) is 11.2 Å². The van der Waals surface area contributed by atoms with Crippen molar-refractivity contribution in [1.82, 2.24) is 19.5 Å². The van der Waals surface area contributed by atoms with E-state index in [0.717, 1.165) is 18.5 Å². The van der Waals surface area contributed by atoms with Gasteiger partial charge in [0.05, 0.1) is 18.2 Å². The second-order valence-electron chi connectivity index (χ2n) is 6.69. The summed E-state index contributed by atoms with van der Waals surface area (Å²) in [5, 5.41) is 13.0. The zero-order chi connectivity index (χ0) is 18.3. The van der Waals surface area contributed by atoms with E-state index in [9.17, 15) is 14.7 Å². The number of fused-ring (bicyclic) bond motifs is 1. The van der Waals surface area contributed by atoms with Crippen molar-refractivity contribution in [2.24, 2.45) is 0 Å². The standard InChI is InChI=1S/C19H20N4O3/c1-12-9-19(26)23-17(20-12)11-14(21-23)15-6-4-8-22(15)18(25)10-13-5-2-3-7-16(13)24/h2-3,5,7,9,11,15,21,24H,4,6,8,10H2,1H3/t15-/m0/s1. The van der Waals surface area contributed by atoms with Crippen LogP contribution in [0.1, 0.15) is 35.8 Å². The van der Waals surface area contributed by atoms with Crippen molar-refractivity contribution < 1.29 is 9.90 Å². The number of phenols is 1. The number of amides is 1. The van der Waals surface area contributed by atoms with Gasteiger partial charge in [0.2, 0.25) is 5.91 Å². The van der Waals surface area contributed by atoms with Crippen LogP contribution >= 0.6 is 0 Å². The van der Waals surface area contributed by atoms with Gasteiger partial charge in [-0.1, -0.05) is 18.2 Å². The first-order chi connectivity index (χ1) is 12.5. The van der Waals surface area contributed by atoms with Gasteiger partial charge in [0, 0.05) is 29.9 Å². The number of para-hydroxylation sites is 1. The summed E-state index contributed by atoms with van der Waals surface area (Å²) < 4.78 is 1.41. The Morgan fingerprint density at radius 3 is 2.96 bits per heavy atom. The fourth-order valence-electron chi connectivity index (χ4n) is 3.61. The minimum Gasteiger partial charge on any atom is -0.508 e. The number of aryl methyl sites for hydroxylation is 1. The molecule has 1 fully saturated rings. The lowest BCUT2D eigenvalue weighted by Gasteiger charge is -2.24. The van der Waals surface area contributed by atoms with E-state index >= 15 is 0 Å². The van der Waals surface area contributed by atoms with Gasteiger partial charge < -0.3 is 10.0 Å². The number of nitrogens with one attached hydrogen (secondary N) is 1. The third-order valence-electron chi connectivity index (χ3n) is 4.86. The third kappa shape index (κ3) is 2.85. The maximum atomic E-state index is 12.8. The maximum absolute atomic E-state index is 12.8. The van der Waals surface area contributed by atoms with E-state index in [1.165, 1.54) is 10.6 Å². The number of carbonyl (C=O) groups is 1. The summed E-state index contributed by atoms with van der Waals surface area (Å²) in [4.78, 5) is 31.1. The zero-order valence-corrected chi connectivity index (χ0v) is 14.5. The van der Waals surface area contributed by atoms with Crippen LogP contribution in [0, 0.1) is 6.92 Å². The van der Waals surface area contributed by atoms with E-state index in [-0.39, 0.29) is 29.7 Å². The van der Waals surface area contributed by atoms with E-state index in [1.54, 1.807) is 25.1 Å². The molecule has 3 aromatic rings. The molecule has 1 amide bonds. The smallest absolute Gasteiger partial charge is 0.272 e. The average molecular weight is 352 g/mol. The lowest BCUT2D eigenvalue weighted by atomic mass is 10.1. The van der Waals surface area contributed by atoms with E-state index in [2.05, 4.69) is 10.1 Å². The molecule has 1 aliphatic rings. The Labute approximate surface area is 149 Å². The predicted molar refractivity (Wildman–Crippen MR) is 96.0 cm³/mol. The normalized spacial score (nSPS) is 17.1. The van der Waals surface area contributed by atoms with Crippen LogP contribution in [-0.4, -0.2) is 37.1 Å². The highest BCUT2D eigenvalue weighted by atomic mass is 16.3. The lowest BCUT2D eigenvalue weighted by molar-refractivity contribution is -0.131. The number of hydrogen-bond acceptors (Lipinski definition) is 4. The minimum absolute atomic E-state index is 0.0378. The van der Waals surface area contributed by atoms with Crippen LogP contribution < -0.4 is 5.56 Å². The van der Waals surface area contributed by atoms with Gasteiger partial charge in [0.15, 0.2) is 5.65 Å². The molecule has 7 nitrogen and oxygen atoms in total. The third-order valence-corrected chi connectivity index (χ3v) is 4.86. The van der Waals surface area contributed by atoms with Gasteiger partial charge in [-0.2, -0.15) is 0 Å². The largest absolute Gasteiger partial charge is 0.508 e. The van der Waals surface area contributed by atoms with Crippen LogP contribution in [0.4, 0.5) is 0 Å². The monoisotopic (exact) mass is 352 g/mol. The number of carbonyl (C=O) groups excluding carboxylic acids is 1. The molecule has 0 unspecified atom stereocenters. The Morgan fingerprint density at radius 1 is 1.35 bits per heavy atom. The van der Waals surface area contributed by atoms with Crippen molar-refractivity contribution >= 4 is 11.6 Å². The molecule has 2 N–H and O–H groups in total. The second kappa shape index (κ2) is 6.33. The van der Waals surface area contributed by atoms with Crippen LogP contribution in [0.5, 0.6) is 5.75 Å². The second-order valence-corrected chi connectivity index (χ2v) is 6.69. The van der Waals surface area contributed by atoms with Crippen LogP contribution in [0.2, 0.25) is 0 Å². The number of phenolic OH excluding ortho intramolecular Hbond substituents is 1. The van der Waals surface area contributed by atoms with Gasteiger partial charge in [0.25, 0.3) is 5.56 Å². The Bertz CT molecular complexity index is 1040. The Balaban J connectivity index is 1.62. The van der Waals surface area contributed by atoms with Gasteiger partial charge in [-0.05, 0) is 25.8 Å². The number of rotatable bonds is 3. The number of benzene rings is 1. The Kier molecular flexibility index (Phi) is 3.99. The number of nitrogens with zero attached hydrogens (tertiary/aromatic N) is 3. The molecule has 0 radical (unpaired) electrons. The van der Waals surface area contributed by atoms with E-state index in [1.807, 2.05) is 17.0 Å². The Hall–Kier alpha value is -3.09. The minimum atomic E-state index is -0.163. The topological polar surface area (TPSA) is 90.7 Å². The molecule has 26 heavy (non-hydrogen) atoms. The van der Waals surface area contributed by atoms with Crippen LogP contribution in [0.15, 0.2) is 41.2 Å². The zero-order valence-electron chi connectivity index (χ0n) is 14.5. The Morgan fingerprint density at radius 2 is 2.15 bits per heavy atom. The molecule has 1 atom stereocenters. The molecule has 0 bridgehead atoms. The summed E-state index contributed by atoms with van der Waals surface area (Å²) in [5.74, 6) is 0.0950. The quantitative estimate of drug-likeness (QED) is 0.754. The molecule has 0 saturated carbocycles.